The molecule has 0 saturated carbocycles. The molecule has 0 aliphatic rings. The Hall–Kier alpha value is -2.01. The molecular weight excluding hydrogens is 282 g/mol. The monoisotopic (exact) mass is 295 g/mol. The van der Waals surface area contributed by atoms with E-state index < -0.39 is 6.09 Å². The van der Waals surface area contributed by atoms with Crippen LogP contribution in [0.5, 0.6) is 0 Å². The number of methoxy groups -OCH3 is 1. The number of fused-ring (bicyclic) bond motifs is 1. The number of hydrogen-bond donors (Lipinski definition) is 0. The van der Waals surface area contributed by atoms with Gasteiger partial charge in [-0.1, -0.05) is 17.7 Å². The third-order valence-electron chi connectivity index (χ3n) is 2.88. The molecule has 0 radical (unpaired) electrons. The van der Waals surface area contributed by atoms with Gasteiger partial charge in [-0.3, -0.25) is 9.36 Å². The predicted octanol–water partition coefficient (Wildman–Crippen LogP) is 3.01. The maximum atomic E-state index is 11.9. The van der Waals surface area contributed by atoms with Crippen molar-refractivity contribution in [3.8, 4) is 0 Å². The molecule has 1 aromatic heterocycles. The van der Waals surface area contributed by atoms with Crippen molar-refractivity contribution in [2.45, 2.75) is 13.3 Å². The average Bonchev–Trinajstić information content (AvgIpc) is 2.77. The molecule has 106 valence electrons. The van der Waals surface area contributed by atoms with Gasteiger partial charge in [-0.2, -0.15) is 0 Å². The lowest BCUT2D eigenvalue weighted by Crippen LogP contribution is -2.12. The van der Waals surface area contributed by atoms with Gasteiger partial charge in [0.1, 0.15) is 0 Å². The second-order valence-corrected chi connectivity index (χ2v) is 4.57. The summed E-state index contributed by atoms with van der Waals surface area (Å²) in [7, 11) is 1.32. The smallest absolute Gasteiger partial charge is 0.418 e. The molecule has 0 saturated heterocycles. The zero-order valence-corrected chi connectivity index (χ0v) is 11.9. The SMILES string of the molecule is CCOC(=O)n1cc(CC(=O)OC)c2ccc(Cl)cc21. The van der Waals surface area contributed by atoms with Gasteiger partial charge in [0.15, 0.2) is 0 Å². The maximum absolute atomic E-state index is 11.9. The van der Waals surface area contributed by atoms with Crippen LogP contribution in [0.25, 0.3) is 10.9 Å². The lowest BCUT2D eigenvalue weighted by molar-refractivity contribution is -0.139. The molecule has 0 N–H and O–H groups in total. The second-order valence-electron chi connectivity index (χ2n) is 4.14. The van der Waals surface area contributed by atoms with Crippen LogP contribution < -0.4 is 0 Å². The second kappa shape index (κ2) is 5.96. The minimum atomic E-state index is -0.504. The molecule has 0 unspecified atom stereocenters. The highest BCUT2D eigenvalue weighted by Crippen LogP contribution is 2.25. The molecule has 1 aromatic carbocycles. The van der Waals surface area contributed by atoms with Crippen LogP contribution in [0.4, 0.5) is 4.79 Å². The zero-order chi connectivity index (χ0) is 14.7. The summed E-state index contributed by atoms with van der Waals surface area (Å²) in [5.41, 5.74) is 1.30. The summed E-state index contributed by atoms with van der Waals surface area (Å²) in [5, 5.41) is 1.28. The van der Waals surface area contributed by atoms with E-state index in [1.807, 2.05) is 0 Å². The quantitative estimate of drug-likeness (QED) is 0.817. The zero-order valence-electron chi connectivity index (χ0n) is 11.2. The first kappa shape index (κ1) is 14.4. The molecular formula is C14H14ClNO4. The van der Waals surface area contributed by atoms with Crippen LogP contribution in [-0.2, 0) is 20.7 Å². The van der Waals surface area contributed by atoms with E-state index in [9.17, 15) is 9.59 Å². The fourth-order valence-electron chi connectivity index (χ4n) is 1.98. The number of carbonyl (C=O) groups is 2. The van der Waals surface area contributed by atoms with Gasteiger partial charge in [0, 0.05) is 16.6 Å². The lowest BCUT2D eigenvalue weighted by Gasteiger charge is -2.03. The van der Waals surface area contributed by atoms with E-state index >= 15 is 0 Å². The molecule has 20 heavy (non-hydrogen) atoms. The Balaban J connectivity index is 2.54. The number of halogens is 1. The lowest BCUT2D eigenvalue weighted by atomic mass is 10.1. The van der Waals surface area contributed by atoms with Crippen LogP contribution in [0.3, 0.4) is 0 Å². The largest absolute Gasteiger partial charge is 0.469 e. The fraction of sp³-hybridized carbons (Fsp3) is 0.286. The van der Waals surface area contributed by atoms with Gasteiger partial charge >= 0.3 is 12.1 Å². The summed E-state index contributed by atoms with van der Waals surface area (Å²) >= 11 is 5.96. The molecule has 2 aromatic rings. The number of ether oxygens (including phenoxy) is 2. The van der Waals surface area contributed by atoms with Gasteiger partial charge in [0.05, 0.1) is 25.7 Å². The van der Waals surface area contributed by atoms with Gasteiger partial charge in [-0.15, -0.1) is 0 Å². The van der Waals surface area contributed by atoms with Crippen molar-refractivity contribution in [2.24, 2.45) is 0 Å². The Morgan fingerprint density at radius 2 is 2.10 bits per heavy atom. The molecule has 0 atom stereocenters. The summed E-state index contributed by atoms with van der Waals surface area (Å²) in [6, 6.07) is 5.14. The fourth-order valence-corrected chi connectivity index (χ4v) is 2.15. The third kappa shape index (κ3) is 2.77. The Labute approximate surface area is 121 Å². The minimum absolute atomic E-state index is 0.0844. The first-order valence-corrected chi connectivity index (χ1v) is 6.48. The molecule has 5 nitrogen and oxygen atoms in total. The highest BCUT2D eigenvalue weighted by Gasteiger charge is 2.16. The van der Waals surface area contributed by atoms with E-state index in [0.717, 1.165) is 5.39 Å². The van der Waals surface area contributed by atoms with Crippen LogP contribution in [-0.4, -0.2) is 30.3 Å². The topological polar surface area (TPSA) is 57.5 Å². The van der Waals surface area contributed by atoms with E-state index in [1.165, 1.54) is 11.7 Å². The van der Waals surface area contributed by atoms with Gasteiger partial charge in [0.2, 0.25) is 0 Å². The molecule has 0 aliphatic heterocycles. The van der Waals surface area contributed by atoms with Crippen LogP contribution >= 0.6 is 11.6 Å². The van der Waals surface area contributed by atoms with Crippen LogP contribution in [0, 0.1) is 0 Å². The molecule has 0 amide bonds. The molecule has 1 heterocycles. The van der Waals surface area contributed by atoms with Crippen LogP contribution in [0.1, 0.15) is 12.5 Å². The number of hydrogen-bond acceptors (Lipinski definition) is 4. The number of benzene rings is 1. The van der Waals surface area contributed by atoms with Gasteiger partial charge < -0.3 is 9.47 Å². The first-order chi connectivity index (χ1) is 9.56. The van der Waals surface area contributed by atoms with Gasteiger partial charge in [-0.05, 0) is 24.6 Å². The molecule has 0 aliphatic carbocycles. The van der Waals surface area contributed by atoms with Crippen LogP contribution in [0.15, 0.2) is 24.4 Å². The predicted molar refractivity (Wildman–Crippen MR) is 75.1 cm³/mol. The normalized spacial score (nSPS) is 10.6. The van der Waals surface area contributed by atoms with E-state index in [-0.39, 0.29) is 19.0 Å². The summed E-state index contributed by atoms with van der Waals surface area (Å²) < 4.78 is 11.0. The highest BCUT2D eigenvalue weighted by atomic mass is 35.5. The minimum Gasteiger partial charge on any atom is -0.469 e. The van der Waals surface area contributed by atoms with Crippen molar-refractivity contribution >= 4 is 34.6 Å². The van der Waals surface area contributed by atoms with Crippen molar-refractivity contribution in [2.75, 3.05) is 13.7 Å². The van der Waals surface area contributed by atoms with Gasteiger partial charge in [0.25, 0.3) is 0 Å². The molecule has 2 rings (SSSR count). The third-order valence-corrected chi connectivity index (χ3v) is 3.11. The van der Waals surface area contributed by atoms with Crippen molar-refractivity contribution in [1.82, 2.24) is 4.57 Å². The van der Waals surface area contributed by atoms with Crippen LogP contribution in [0.2, 0.25) is 5.02 Å². The Morgan fingerprint density at radius 3 is 2.75 bits per heavy atom. The highest BCUT2D eigenvalue weighted by molar-refractivity contribution is 6.31. The van der Waals surface area contributed by atoms with Gasteiger partial charge in [-0.25, -0.2) is 4.79 Å². The molecule has 0 fully saturated rings. The number of carbonyl (C=O) groups excluding carboxylic acids is 2. The molecule has 0 spiro atoms. The van der Waals surface area contributed by atoms with Crippen molar-refractivity contribution in [3.63, 3.8) is 0 Å². The summed E-state index contributed by atoms with van der Waals surface area (Å²) in [5.74, 6) is -0.372. The van der Waals surface area contributed by atoms with E-state index in [2.05, 4.69) is 4.74 Å². The molecule has 6 heteroatoms. The van der Waals surface area contributed by atoms with E-state index in [4.69, 9.17) is 16.3 Å². The summed E-state index contributed by atoms with van der Waals surface area (Å²) in [6.45, 7) is 2.00. The summed E-state index contributed by atoms with van der Waals surface area (Å²) in [4.78, 5) is 23.3. The van der Waals surface area contributed by atoms with Crippen molar-refractivity contribution in [3.05, 3.63) is 35.0 Å². The summed E-state index contributed by atoms with van der Waals surface area (Å²) in [6.07, 6.45) is 1.16. The number of aromatic nitrogens is 1. The number of esters is 1. The number of nitrogens with zero attached hydrogens (tertiary/aromatic N) is 1. The van der Waals surface area contributed by atoms with Crippen molar-refractivity contribution < 1.29 is 19.1 Å². The first-order valence-electron chi connectivity index (χ1n) is 6.10. The van der Waals surface area contributed by atoms with E-state index in [1.54, 1.807) is 31.3 Å². The Bertz CT molecular complexity index is 662. The molecule has 0 bridgehead atoms. The Kier molecular flexibility index (Phi) is 4.29. The standard InChI is InChI=1S/C14H14ClNO4/c1-3-20-14(18)16-8-9(6-13(17)19-2)11-5-4-10(15)7-12(11)16/h4-5,7-8H,3,6H2,1-2H3. The maximum Gasteiger partial charge on any atom is 0.418 e. The van der Waals surface area contributed by atoms with Crippen molar-refractivity contribution in [1.29, 1.82) is 0 Å². The number of rotatable bonds is 3. The van der Waals surface area contributed by atoms with E-state index in [0.29, 0.717) is 16.1 Å². The Morgan fingerprint density at radius 1 is 1.35 bits per heavy atom. The average molecular weight is 296 g/mol.